The third-order valence-electron chi connectivity index (χ3n) is 6.16. The van der Waals surface area contributed by atoms with Crippen molar-refractivity contribution in [1.82, 2.24) is 14.5 Å². The van der Waals surface area contributed by atoms with Crippen LogP contribution < -0.4 is 0 Å². The molecule has 2 aliphatic rings. The van der Waals surface area contributed by atoms with Crippen LogP contribution in [-0.2, 0) is 27.7 Å². The molecule has 7 nitrogen and oxygen atoms in total. The normalized spacial score (nSPS) is 23.0. The zero-order chi connectivity index (χ0) is 20.0. The van der Waals surface area contributed by atoms with Crippen LogP contribution in [-0.4, -0.2) is 66.6 Å². The fraction of sp³-hybridized carbons (Fsp3) is 0.850. The van der Waals surface area contributed by atoms with Crippen LogP contribution in [0.2, 0.25) is 0 Å². The summed E-state index contributed by atoms with van der Waals surface area (Å²) in [6.07, 6.45) is 9.51. The summed E-state index contributed by atoms with van der Waals surface area (Å²) in [5.74, 6) is 0.304. The average molecular weight is 414 g/mol. The lowest BCUT2D eigenvalue weighted by atomic mass is 9.99. The molecule has 1 aliphatic carbocycles. The molecular formula is C20H35N3O4S. The van der Waals surface area contributed by atoms with Crippen LogP contribution in [0.5, 0.6) is 0 Å². The van der Waals surface area contributed by atoms with E-state index in [1.807, 2.05) is 4.57 Å². The molecule has 3 rings (SSSR count). The van der Waals surface area contributed by atoms with Gasteiger partial charge in [0.15, 0.2) is 0 Å². The summed E-state index contributed by atoms with van der Waals surface area (Å²) in [6.45, 7) is 3.63. The molecule has 0 bridgehead atoms. The van der Waals surface area contributed by atoms with Gasteiger partial charge in [-0.1, -0.05) is 25.7 Å². The summed E-state index contributed by atoms with van der Waals surface area (Å²) < 4.78 is 33.8. The Hall–Kier alpha value is -0.960. The van der Waals surface area contributed by atoms with Gasteiger partial charge in [-0.25, -0.2) is 13.4 Å². The van der Waals surface area contributed by atoms with Crippen molar-refractivity contribution in [2.45, 2.75) is 74.9 Å². The predicted octanol–water partition coefficient (Wildman–Crippen LogP) is 2.23. The van der Waals surface area contributed by atoms with Crippen LogP contribution in [0.4, 0.5) is 0 Å². The van der Waals surface area contributed by atoms with Gasteiger partial charge in [0.25, 0.3) is 0 Å². The second kappa shape index (κ2) is 10.2. The molecule has 1 aliphatic heterocycles. The van der Waals surface area contributed by atoms with Gasteiger partial charge in [0.05, 0.1) is 23.7 Å². The fourth-order valence-corrected chi connectivity index (χ4v) is 6.51. The van der Waals surface area contributed by atoms with Crippen molar-refractivity contribution in [2.24, 2.45) is 5.92 Å². The summed E-state index contributed by atoms with van der Waals surface area (Å²) >= 11 is 0. The van der Waals surface area contributed by atoms with E-state index in [4.69, 9.17) is 4.74 Å². The quantitative estimate of drug-likeness (QED) is 0.658. The Morgan fingerprint density at radius 3 is 2.61 bits per heavy atom. The maximum absolute atomic E-state index is 13.4. The van der Waals surface area contributed by atoms with E-state index in [0.717, 1.165) is 70.2 Å². The smallest absolute Gasteiger partial charge is 0.228 e. The molecule has 28 heavy (non-hydrogen) atoms. The number of ether oxygens (including phenoxy) is 1. The lowest BCUT2D eigenvalue weighted by Gasteiger charge is -2.31. The van der Waals surface area contributed by atoms with Crippen molar-refractivity contribution in [3.05, 3.63) is 11.9 Å². The number of rotatable bonds is 8. The molecule has 0 aromatic carbocycles. The topological polar surface area (TPSA) is 84.7 Å². The number of hydrogen-bond acceptors (Lipinski definition) is 6. The Bertz CT molecular complexity index is 711. The van der Waals surface area contributed by atoms with Crippen LogP contribution in [0, 0.1) is 5.92 Å². The highest BCUT2D eigenvalue weighted by Gasteiger charge is 2.33. The molecule has 8 heteroatoms. The predicted molar refractivity (Wildman–Crippen MR) is 108 cm³/mol. The van der Waals surface area contributed by atoms with Crippen molar-refractivity contribution < 1.29 is 18.3 Å². The van der Waals surface area contributed by atoms with Gasteiger partial charge in [-0.05, 0) is 38.1 Å². The SMILES string of the molecule is COCCn1c(CN2CCCC(CO)C2)cnc1S(=O)(=O)C1CCCCCC1. The fourth-order valence-electron chi connectivity index (χ4n) is 4.54. The van der Waals surface area contributed by atoms with Crippen LogP contribution in [0.25, 0.3) is 0 Å². The number of piperidine rings is 1. The first-order valence-corrected chi connectivity index (χ1v) is 12.2. The Labute approximate surface area is 169 Å². The standard InChI is InChI=1S/C20H35N3O4S/c1-27-12-11-23-18(15-22-10-6-7-17(14-22)16-24)13-21-20(23)28(25,26)19-8-4-2-3-5-9-19/h13,17,19,24H,2-12,14-16H2,1H3. The highest BCUT2D eigenvalue weighted by molar-refractivity contribution is 7.91. The van der Waals surface area contributed by atoms with E-state index >= 15 is 0 Å². The van der Waals surface area contributed by atoms with Gasteiger partial charge >= 0.3 is 0 Å². The molecule has 1 aromatic rings. The first-order valence-electron chi connectivity index (χ1n) is 10.7. The second-order valence-electron chi connectivity index (χ2n) is 8.26. The third-order valence-corrected chi connectivity index (χ3v) is 8.35. The number of hydrogen-bond donors (Lipinski definition) is 1. The van der Waals surface area contributed by atoms with Crippen LogP contribution in [0.3, 0.4) is 0 Å². The number of aliphatic hydroxyl groups excluding tert-OH is 1. The molecule has 1 saturated heterocycles. The number of likely N-dealkylation sites (tertiary alicyclic amines) is 1. The van der Waals surface area contributed by atoms with Crippen LogP contribution in [0.15, 0.2) is 11.4 Å². The van der Waals surface area contributed by atoms with Gasteiger partial charge in [-0.2, -0.15) is 0 Å². The van der Waals surface area contributed by atoms with Gasteiger partial charge in [0.1, 0.15) is 0 Å². The minimum Gasteiger partial charge on any atom is -0.396 e. The number of methoxy groups -OCH3 is 1. The summed E-state index contributed by atoms with van der Waals surface area (Å²) in [5, 5.41) is 9.37. The molecule has 1 atom stereocenters. The van der Waals surface area contributed by atoms with E-state index in [9.17, 15) is 13.5 Å². The summed E-state index contributed by atoms with van der Waals surface area (Å²) in [4.78, 5) is 6.69. The molecule has 1 aromatic heterocycles. The summed E-state index contributed by atoms with van der Waals surface area (Å²) in [7, 11) is -1.81. The highest BCUT2D eigenvalue weighted by Crippen LogP contribution is 2.28. The van der Waals surface area contributed by atoms with E-state index in [1.54, 1.807) is 13.3 Å². The second-order valence-corrected chi connectivity index (χ2v) is 10.4. The maximum Gasteiger partial charge on any atom is 0.228 e. The first-order chi connectivity index (χ1) is 13.6. The van der Waals surface area contributed by atoms with Crippen LogP contribution >= 0.6 is 0 Å². The zero-order valence-electron chi connectivity index (χ0n) is 17.1. The monoisotopic (exact) mass is 413 g/mol. The molecule has 1 saturated carbocycles. The number of sulfone groups is 1. The van der Waals surface area contributed by atoms with E-state index < -0.39 is 9.84 Å². The molecule has 2 fully saturated rings. The zero-order valence-corrected chi connectivity index (χ0v) is 17.9. The molecule has 1 N–H and O–H groups in total. The van der Waals surface area contributed by atoms with Gasteiger partial charge in [-0.15, -0.1) is 0 Å². The van der Waals surface area contributed by atoms with Crippen LogP contribution in [0.1, 0.15) is 57.1 Å². The number of aliphatic hydroxyl groups is 1. The van der Waals surface area contributed by atoms with E-state index in [-0.39, 0.29) is 17.0 Å². The largest absolute Gasteiger partial charge is 0.396 e. The summed E-state index contributed by atoms with van der Waals surface area (Å²) in [6, 6.07) is 0. The lowest BCUT2D eigenvalue weighted by molar-refractivity contribution is 0.113. The molecule has 0 radical (unpaired) electrons. The molecule has 2 heterocycles. The Balaban J connectivity index is 1.83. The highest BCUT2D eigenvalue weighted by atomic mass is 32.2. The van der Waals surface area contributed by atoms with E-state index in [1.165, 1.54) is 0 Å². The molecule has 0 amide bonds. The van der Waals surface area contributed by atoms with Crippen molar-refractivity contribution in [2.75, 3.05) is 33.4 Å². The van der Waals surface area contributed by atoms with Crippen molar-refractivity contribution in [3.8, 4) is 0 Å². The lowest BCUT2D eigenvalue weighted by Crippen LogP contribution is -2.37. The summed E-state index contributed by atoms with van der Waals surface area (Å²) in [5.41, 5.74) is 0.919. The number of imidazole rings is 1. The first kappa shape index (κ1) is 21.7. The average Bonchev–Trinajstić information content (AvgIpc) is 2.91. The number of aromatic nitrogens is 2. The van der Waals surface area contributed by atoms with Crippen molar-refractivity contribution in [1.29, 1.82) is 0 Å². The molecule has 160 valence electrons. The van der Waals surface area contributed by atoms with Crippen molar-refractivity contribution >= 4 is 9.84 Å². The third kappa shape index (κ3) is 5.14. The van der Waals surface area contributed by atoms with Gasteiger partial charge in [0.2, 0.25) is 15.0 Å². The Morgan fingerprint density at radius 1 is 1.18 bits per heavy atom. The van der Waals surface area contributed by atoms with Gasteiger partial charge in [-0.3, -0.25) is 4.90 Å². The maximum atomic E-state index is 13.4. The molecular weight excluding hydrogens is 378 g/mol. The Kier molecular flexibility index (Phi) is 7.91. The molecule has 0 spiro atoms. The van der Waals surface area contributed by atoms with Gasteiger partial charge in [0, 0.05) is 33.4 Å². The van der Waals surface area contributed by atoms with Crippen molar-refractivity contribution in [3.63, 3.8) is 0 Å². The molecule has 1 unspecified atom stereocenters. The number of nitrogens with zero attached hydrogens (tertiary/aromatic N) is 3. The minimum atomic E-state index is -3.44. The van der Waals surface area contributed by atoms with Gasteiger partial charge < -0.3 is 14.4 Å². The Morgan fingerprint density at radius 2 is 1.93 bits per heavy atom. The van der Waals surface area contributed by atoms with E-state index in [2.05, 4.69) is 9.88 Å². The minimum absolute atomic E-state index is 0.209. The van der Waals surface area contributed by atoms with E-state index in [0.29, 0.717) is 25.6 Å².